The molecule has 0 unspecified atom stereocenters. The van der Waals surface area contributed by atoms with Crippen LogP contribution in [0.25, 0.3) is 11.0 Å². The molecule has 7 nitrogen and oxygen atoms in total. The lowest BCUT2D eigenvalue weighted by molar-refractivity contribution is -0.127. The molecule has 0 aliphatic rings. The van der Waals surface area contributed by atoms with Crippen LogP contribution in [0.15, 0.2) is 72.8 Å². The summed E-state index contributed by atoms with van der Waals surface area (Å²) >= 11 is 0. The third kappa shape index (κ3) is 5.76. The molecule has 0 bridgehead atoms. The zero-order valence-corrected chi connectivity index (χ0v) is 20.7. The number of carbonyl (C=O) groups excluding carboxylic acids is 2. The van der Waals surface area contributed by atoms with E-state index < -0.39 is 17.8 Å². The van der Waals surface area contributed by atoms with E-state index in [4.69, 9.17) is 0 Å². The summed E-state index contributed by atoms with van der Waals surface area (Å²) in [4.78, 5) is 28.8. The van der Waals surface area contributed by atoms with E-state index in [1.807, 2.05) is 55.5 Å². The lowest BCUT2D eigenvalue weighted by atomic mass is 10.0. The van der Waals surface area contributed by atoms with Crippen molar-refractivity contribution in [3.8, 4) is 0 Å². The van der Waals surface area contributed by atoms with Crippen molar-refractivity contribution in [1.29, 1.82) is 0 Å². The summed E-state index contributed by atoms with van der Waals surface area (Å²) in [6.07, 6.45) is 0.797. The van der Waals surface area contributed by atoms with Crippen molar-refractivity contribution >= 4 is 28.5 Å². The van der Waals surface area contributed by atoms with Gasteiger partial charge < -0.3 is 5.32 Å². The van der Waals surface area contributed by atoms with E-state index in [1.54, 1.807) is 6.07 Å². The summed E-state index contributed by atoms with van der Waals surface area (Å²) < 4.78 is 15.8. The first-order chi connectivity index (χ1) is 17.3. The van der Waals surface area contributed by atoms with Crippen molar-refractivity contribution in [3.05, 3.63) is 89.7 Å². The van der Waals surface area contributed by atoms with Crippen molar-refractivity contribution in [2.45, 2.75) is 39.8 Å². The largest absolute Gasteiger partial charge is 0.354 e. The van der Waals surface area contributed by atoms with Gasteiger partial charge in [0, 0.05) is 12.2 Å². The molecule has 2 amide bonds. The van der Waals surface area contributed by atoms with Gasteiger partial charge in [0.25, 0.3) is 0 Å². The van der Waals surface area contributed by atoms with Crippen molar-refractivity contribution in [2.75, 3.05) is 11.4 Å². The zero-order valence-electron chi connectivity index (χ0n) is 20.7. The third-order valence-corrected chi connectivity index (χ3v) is 5.98. The van der Waals surface area contributed by atoms with E-state index in [1.165, 1.54) is 27.8 Å². The number of fused-ring (bicyclic) bond motifs is 1. The number of para-hydroxylation sites is 1. The van der Waals surface area contributed by atoms with Gasteiger partial charge in [-0.15, -0.1) is 5.10 Å². The highest BCUT2D eigenvalue weighted by Crippen LogP contribution is 2.29. The Morgan fingerprint density at radius 3 is 2.50 bits per heavy atom. The topological polar surface area (TPSA) is 80.1 Å². The van der Waals surface area contributed by atoms with Crippen LogP contribution in [0.2, 0.25) is 0 Å². The molecule has 1 N–H and O–H groups in total. The van der Waals surface area contributed by atoms with E-state index >= 15 is 0 Å². The van der Waals surface area contributed by atoms with Crippen LogP contribution in [-0.4, -0.2) is 33.4 Å². The number of nitrogens with one attached hydrogen (secondary N) is 1. The van der Waals surface area contributed by atoms with Crippen LogP contribution in [0.5, 0.6) is 0 Å². The number of benzene rings is 3. The van der Waals surface area contributed by atoms with Gasteiger partial charge in [-0.3, -0.25) is 14.5 Å². The predicted octanol–water partition coefficient (Wildman–Crippen LogP) is 4.82. The van der Waals surface area contributed by atoms with Crippen LogP contribution >= 0.6 is 0 Å². The van der Waals surface area contributed by atoms with Gasteiger partial charge in [0.05, 0.1) is 5.52 Å². The van der Waals surface area contributed by atoms with E-state index in [9.17, 15) is 14.0 Å². The van der Waals surface area contributed by atoms with Crippen molar-refractivity contribution in [3.63, 3.8) is 0 Å². The molecule has 0 radical (unpaired) electrons. The molecule has 0 spiro atoms. The number of aryl methyl sites for hydroxylation is 1. The minimum Gasteiger partial charge on any atom is -0.354 e. The molecular formula is C28H30FN5O2. The first-order valence-electron chi connectivity index (χ1n) is 12.0. The number of anilines is 1. The summed E-state index contributed by atoms with van der Waals surface area (Å²) in [7, 11) is 0. The SMILES string of the molecule is Cc1ccc([C@@H](C(=O)NCCC(C)C)N(C(=O)Cn2nnc3ccccc32)c2cccc(F)c2)cc1. The Bertz CT molecular complexity index is 1350. The van der Waals surface area contributed by atoms with Gasteiger partial charge in [0.2, 0.25) is 11.8 Å². The van der Waals surface area contributed by atoms with Gasteiger partial charge in [-0.1, -0.05) is 67.1 Å². The van der Waals surface area contributed by atoms with Gasteiger partial charge in [-0.25, -0.2) is 9.07 Å². The summed E-state index contributed by atoms with van der Waals surface area (Å²) in [6, 6.07) is 19.5. The number of aromatic nitrogens is 3. The summed E-state index contributed by atoms with van der Waals surface area (Å²) in [6.45, 7) is 6.41. The molecule has 0 aliphatic heterocycles. The molecule has 0 aliphatic carbocycles. The molecule has 0 fully saturated rings. The van der Waals surface area contributed by atoms with Gasteiger partial charge in [-0.2, -0.15) is 0 Å². The third-order valence-electron chi connectivity index (χ3n) is 5.98. The predicted molar refractivity (Wildman–Crippen MR) is 138 cm³/mol. The number of carbonyl (C=O) groups is 2. The molecule has 186 valence electrons. The monoisotopic (exact) mass is 487 g/mol. The number of amides is 2. The molecule has 0 saturated carbocycles. The van der Waals surface area contributed by atoms with Crippen LogP contribution < -0.4 is 10.2 Å². The average Bonchev–Trinajstić information content (AvgIpc) is 3.25. The fourth-order valence-electron chi connectivity index (χ4n) is 4.05. The lowest BCUT2D eigenvalue weighted by Crippen LogP contribution is -2.45. The number of rotatable bonds is 9. The normalized spacial score (nSPS) is 12.0. The van der Waals surface area contributed by atoms with Crippen LogP contribution in [-0.2, 0) is 16.1 Å². The molecule has 36 heavy (non-hydrogen) atoms. The summed E-state index contributed by atoms with van der Waals surface area (Å²) in [5, 5.41) is 11.2. The summed E-state index contributed by atoms with van der Waals surface area (Å²) in [5.74, 6) is -0.842. The quantitative estimate of drug-likeness (QED) is 0.367. The standard InChI is InChI=1S/C28H30FN5O2/c1-19(2)15-16-30-28(36)27(21-13-11-20(3)12-14-21)34(23-8-6-7-22(29)17-23)26(35)18-33-25-10-5-4-9-24(25)31-32-33/h4-14,17,19,27H,15-16,18H2,1-3H3,(H,30,36)/t27-/m0/s1. The Balaban J connectivity index is 1.76. The summed E-state index contributed by atoms with van der Waals surface area (Å²) in [5.41, 5.74) is 3.29. The zero-order chi connectivity index (χ0) is 25.7. The Morgan fingerprint density at radius 2 is 1.78 bits per heavy atom. The molecule has 8 heteroatoms. The van der Waals surface area contributed by atoms with Crippen LogP contribution in [0.3, 0.4) is 0 Å². The van der Waals surface area contributed by atoms with Crippen molar-refractivity contribution in [2.24, 2.45) is 5.92 Å². The first kappa shape index (κ1) is 25.0. The molecule has 0 saturated heterocycles. The number of nitrogens with zero attached hydrogens (tertiary/aromatic N) is 4. The molecule has 3 aromatic carbocycles. The average molecular weight is 488 g/mol. The number of hydrogen-bond acceptors (Lipinski definition) is 4. The first-order valence-corrected chi connectivity index (χ1v) is 12.0. The highest BCUT2D eigenvalue weighted by Gasteiger charge is 2.33. The number of hydrogen-bond donors (Lipinski definition) is 1. The second-order valence-electron chi connectivity index (χ2n) is 9.27. The molecule has 1 aromatic heterocycles. The van der Waals surface area contributed by atoms with Gasteiger partial charge in [-0.05, 0) is 55.2 Å². The second-order valence-corrected chi connectivity index (χ2v) is 9.27. The maximum Gasteiger partial charge on any atom is 0.249 e. The number of halogens is 1. The highest BCUT2D eigenvalue weighted by atomic mass is 19.1. The lowest BCUT2D eigenvalue weighted by Gasteiger charge is -2.31. The van der Waals surface area contributed by atoms with E-state index in [-0.39, 0.29) is 18.1 Å². The van der Waals surface area contributed by atoms with E-state index in [2.05, 4.69) is 29.5 Å². The molecular weight excluding hydrogens is 457 g/mol. The van der Waals surface area contributed by atoms with Crippen LogP contribution in [0.4, 0.5) is 10.1 Å². The molecule has 1 atom stereocenters. The maximum atomic E-state index is 14.3. The Hall–Kier alpha value is -4.07. The molecule has 1 heterocycles. The Labute approximate surface area is 209 Å². The Kier molecular flexibility index (Phi) is 7.73. The Morgan fingerprint density at radius 1 is 1.03 bits per heavy atom. The van der Waals surface area contributed by atoms with Crippen molar-refractivity contribution < 1.29 is 14.0 Å². The van der Waals surface area contributed by atoms with Gasteiger partial charge >= 0.3 is 0 Å². The fraction of sp³-hybridized carbons (Fsp3) is 0.286. The van der Waals surface area contributed by atoms with Gasteiger partial charge in [0.15, 0.2) is 0 Å². The highest BCUT2D eigenvalue weighted by molar-refractivity contribution is 6.01. The van der Waals surface area contributed by atoms with E-state index in [0.717, 1.165) is 12.0 Å². The minimum absolute atomic E-state index is 0.168. The van der Waals surface area contributed by atoms with Gasteiger partial charge in [0.1, 0.15) is 23.9 Å². The van der Waals surface area contributed by atoms with Crippen LogP contribution in [0.1, 0.15) is 37.4 Å². The fourth-order valence-corrected chi connectivity index (χ4v) is 4.05. The van der Waals surface area contributed by atoms with Crippen molar-refractivity contribution in [1.82, 2.24) is 20.3 Å². The maximum absolute atomic E-state index is 14.3. The molecule has 4 rings (SSSR count). The van der Waals surface area contributed by atoms with E-state index in [0.29, 0.717) is 29.1 Å². The second kappa shape index (κ2) is 11.1. The van der Waals surface area contributed by atoms with Crippen LogP contribution in [0, 0.1) is 18.7 Å². The smallest absolute Gasteiger partial charge is 0.249 e. The minimum atomic E-state index is -0.998. The molecule has 4 aromatic rings.